The molecule has 1 aromatic rings. The average molecular weight is 250 g/mol. The van der Waals surface area contributed by atoms with E-state index in [1.807, 2.05) is 26.4 Å². The lowest BCUT2D eigenvalue weighted by Crippen LogP contribution is -2.32. The predicted molar refractivity (Wildman–Crippen MR) is 70.1 cm³/mol. The van der Waals surface area contributed by atoms with Gasteiger partial charge in [-0.1, -0.05) is 0 Å². The molecule has 5 heteroatoms. The molecule has 1 aromatic heterocycles. The van der Waals surface area contributed by atoms with Crippen LogP contribution in [0.3, 0.4) is 0 Å². The summed E-state index contributed by atoms with van der Waals surface area (Å²) < 4.78 is 2.24. The molecule has 0 spiro atoms. The lowest BCUT2D eigenvalue weighted by molar-refractivity contribution is -0.121. The van der Waals surface area contributed by atoms with E-state index in [0.717, 1.165) is 6.54 Å². The highest BCUT2D eigenvalue weighted by Crippen LogP contribution is 2.35. The highest BCUT2D eigenvalue weighted by atomic mass is 16.1. The smallest absolute Gasteiger partial charge is 0.221 e. The molecule has 1 amide bonds. The van der Waals surface area contributed by atoms with Gasteiger partial charge in [0.05, 0.1) is 12.0 Å². The van der Waals surface area contributed by atoms with Gasteiger partial charge in [0.15, 0.2) is 0 Å². The number of nitrogens with one attached hydrogen (secondary N) is 2. The summed E-state index contributed by atoms with van der Waals surface area (Å²) in [5.41, 5.74) is 1.21. The monoisotopic (exact) mass is 250 g/mol. The molecule has 0 atom stereocenters. The van der Waals surface area contributed by atoms with Crippen molar-refractivity contribution >= 4 is 5.91 Å². The molecular weight excluding hydrogens is 228 g/mol. The number of amides is 1. The molecule has 100 valence electrons. The van der Waals surface area contributed by atoms with Crippen LogP contribution in [0.25, 0.3) is 0 Å². The molecule has 0 radical (unpaired) electrons. The topological polar surface area (TPSA) is 59.0 Å². The maximum atomic E-state index is 11.4. The van der Waals surface area contributed by atoms with Crippen molar-refractivity contribution in [3.63, 3.8) is 0 Å². The minimum atomic E-state index is 0.105. The second-order valence-corrected chi connectivity index (χ2v) is 5.17. The molecule has 0 unspecified atom stereocenters. The van der Waals surface area contributed by atoms with Crippen LogP contribution >= 0.6 is 0 Å². The van der Waals surface area contributed by atoms with Crippen molar-refractivity contribution in [1.82, 2.24) is 20.2 Å². The maximum absolute atomic E-state index is 11.4. The summed E-state index contributed by atoms with van der Waals surface area (Å²) in [4.78, 5) is 15.6. The predicted octanol–water partition coefficient (Wildman–Crippen LogP) is 1.22. The van der Waals surface area contributed by atoms with Crippen LogP contribution in [-0.2, 0) is 11.3 Å². The fourth-order valence-electron chi connectivity index (χ4n) is 1.96. The SMILES string of the molecule is CC(C)NC(=O)CCNCc1cncn1C1CC1. The van der Waals surface area contributed by atoms with E-state index in [4.69, 9.17) is 0 Å². The van der Waals surface area contributed by atoms with Gasteiger partial charge in [-0.2, -0.15) is 0 Å². The van der Waals surface area contributed by atoms with E-state index < -0.39 is 0 Å². The minimum Gasteiger partial charge on any atom is -0.354 e. The lowest BCUT2D eigenvalue weighted by atomic mass is 10.3. The molecule has 5 nitrogen and oxygen atoms in total. The molecule has 1 aliphatic rings. The highest BCUT2D eigenvalue weighted by molar-refractivity contribution is 5.76. The van der Waals surface area contributed by atoms with Crippen molar-refractivity contribution < 1.29 is 4.79 Å². The van der Waals surface area contributed by atoms with Crippen molar-refractivity contribution in [2.24, 2.45) is 0 Å². The van der Waals surface area contributed by atoms with Crippen molar-refractivity contribution in [2.75, 3.05) is 6.54 Å². The summed E-state index contributed by atoms with van der Waals surface area (Å²) in [5, 5.41) is 6.17. The van der Waals surface area contributed by atoms with Crippen LogP contribution in [0.5, 0.6) is 0 Å². The Hall–Kier alpha value is -1.36. The molecule has 1 heterocycles. The van der Waals surface area contributed by atoms with Crippen molar-refractivity contribution in [1.29, 1.82) is 0 Å². The van der Waals surface area contributed by atoms with Crippen LogP contribution in [0, 0.1) is 0 Å². The first-order chi connectivity index (χ1) is 8.66. The van der Waals surface area contributed by atoms with Crippen molar-refractivity contribution in [2.45, 2.75) is 51.7 Å². The zero-order chi connectivity index (χ0) is 13.0. The third-order valence-electron chi connectivity index (χ3n) is 2.97. The fourth-order valence-corrected chi connectivity index (χ4v) is 1.96. The highest BCUT2D eigenvalue weighted by Gasteiger charge is 2.24. The number of carbonyl (C=O) groups excluding carboxylic acids is 1. The molecule has 18 heavy (non-hydrogen) atoms. The third kappa shape index (κ3) is 3.84. The fraction of sp³-hybridized carbons (Fsp3) is 0.692. The number of aromatic nitrogens is 2. The van der Waals surface area contributed by atoms with Crippen LogP contribution in [0.1, 0.15) is 44.8 Å². The van der Waals surface area contributed by atoms with E-state index in [9.17, 15) is 4.79 Å². The van der Waals surface area contributed by atoms with Crippen LogP contribution < -0.4 is 10.6 Å². The van der Waals surface area contributed by atoms with E-state index in [1.165, 1.54) is 18.5 Å². The van der Waals surface area contributed by atoms with E-state index in [2.05, 4.69) is 20.2 Å². The van der Waals surface area contributed by atoms with Gasteiger partial charge in [-0.25, -0.2) is 4.98 Å². The zero-order valence-corrected chi connectivity index (χ0v) is 11.1. The van der Waals surface area contributed by atoms with Crippen LogP contribution in [0.2, 0.25) is 0 Å². The van der Waals surface area contributed by atoms with Crippen LogP contribution in [0.15, 0.2) is 12.5 Å². The number of nitrogens with zero attached hydrogens (tertiary/aromatic N) is 2. The first kappa shape index (κ1) is 13.1. The number of imidazole rings is 1. The first-order valence-electron chi connectivity index (χ1n) is 6.67. The summed E-state index contributed by atoms with van der Waals surface area (Å²) in [6.07, 6.45) is 6.86. The minimum absolute atomic E-state index is 0.105. The van der Waals surface area contributed by atoms with Gasteiger partial charge in [-0.15, -0.1) is 0 Å². The Bertz CT molecular complexity index is 395. The number of carbonyl (C=O) groups is 1. The van der Waals surface area contributed by atoms with Gasteiger partial charge < -0.3 is 15.2 Å². The van der Waals surface area contributed by atoms with Gasteiger partial charge in [0.2, 0.25) is 5.91 Å². The van der Waals surface area contributed by atoms with E-state index in [0.29, 0.717) is 19.0 Å². The van der Waals surface area contributed by atoms with Gasteiger partial charge in [0.1, 0.15) is 0 Å². The van der Waals surface area contributed by atoms with E-state index in [1.54, 1.807) is 0 Å². The molecule has 0 aliphatic heterocycles. The van der Waals surface area contributed by atoms with Gasteiger partial charge >= 0.3 is 0 Å². The lowest BCUT2D eigenvalue weighted by Gasteiger charge is -2.10. The van der Waals surface area contributed by atoms with E-state index in [-0.39, 0.29) is 11.9 Å². The molecule has 0 aromatic carbocycles. The summed E-state index contributed by atoms with van der Waals surface area (Å²) in [6.45, 7) is 5.43. The van der Waals surface area contributed by atoms with Gasteiger partial charge in [-0.05, 0) is 26.7 Å². The van der Waals surface area contributed by atoms with Crippen LogP contribution in [-0.4, -0.2) is 28.0 Å². The van der Waals surface area contributed by atoms with Gasteiger partial charge in [0, 0.05) is 37.8 Å². The molecule has 0 bridgehead atoms. The Morgan fingerprint density at radius 1 is 1.56 bits per heavy atom. The Balaban J connectivity index is 1.66. The Labute approximate surface area is 108 Å². The second-order valence-electron chi connectivity index (χ2n) is 5.17. The molecule has 1 fully saturated rings. The van der Waals surface area contributed by atoms with Crippen LogP contribution in [0.4, 0.5) is 0 Å². The summed E-state index contributed by atoms with van der Waals surface area (Å²) >= 11 is 0. The number of hydrogen-bond donors (Lipinski definition) is 2. The number of hydrogen-bond acceptors (Lipinski definition) is 3. The third-order valence-corrected chi connectivity index (χ3v) is 2.97. The molecule has 1 saturated carbocycles. The van der Waals surface area contributed by atoms with Crippen molar-refractivity contribution in [3.05, 3.63) is 18.2 Å². The van der Waals surface area contributed by atoms with Gasteiger partial charge in [-0.3, -0.25) is 4.79 Å². The quantitative estimate of drug-likeness (QED) is 0.715. The van der Waals surface area contributed by atoms with Crippen molar-refractivity contribution in [3.8, 4) is 0 Å². The maximum Gasteiger partial charge on any atom is 0.221 e. The Morgan fingerprint density at radius 2 is 2.33 bits per heavy atom. The largest absolute Gasteiger partial charge is 0.354 e. The molecular formula is C13H22N4O. The molecule has 2 rings (SSSR count). The zero-order valence-electron chi connectivity index (χ0n) is 11.1. The second kappa shape index (κ2) is 6.00. The Kier molecular flexibility index (Phi) is 4.36. The molecule has 2 N–H and O–H groups in total. The first-order valence-corrected chi connectivity index (χ1v) is 6.67. The summed E-state index contributed by atoms with van der Waals surface area (Å²) in [5.74, 6) is 0.105. The average Bonchev–Trinajstić information content (AvgIpc) is 3.04. The normalized spacial score (nSPS) is 15.1. The summed E-state index contributed by atoms with van der Waals surface area (Å²) in [7, 11) is 0. The summed E-state index contributed by atoms with van der Waals surface area (Å²) in [6, 6.07) is 0.877. The Morgan fingerprint density at radius 3 is 3.00 bits per heavy atom. The number of rotatable bonds is 7. The standard InChI is InChI=1S/C13H22N4O/c1-10(2)16-13(18)5-6-14-7-12-8-15-9-17(12)11-3-4-11/h8-11,14H,3-7H2,1-2H3,(H,16,18). The van der Waals surface area contributed by atoms with E-state index >= 15 is 0 Å². The van der Waals surface area contributed by atoms with Gasteiger partial charge in [0.25, 0.3) is 0 Å². The molecule has 0 saturated heterocycles. The molecule has 1 aliphatic carbocycles.